The van der Waals surface area contributed by atoms with Crippen LogP contribution in [0.5, 0.6) is 0 Å². The second-order valence-corrected chi connectivity index (χ2v) is 12.7. The fourth-order valence-electron chi connectivity index (χ4n) is 4.27. The second-order valence-electron chi connectivity index (χ2n) is 9.59. The summed E-state index contributed by atoms with van der Waals surface area (Å²) in [4.78, 5) is 78.5. The summed E-state index contributed by atoms with van der Waals surface area (Å²) in [5.41, 5.74) is 1.61. The molecule has 0 spiro atoms. The number of rotatable bonds is 10. The minimum atomic E-state index is -0.393. The highest BCUT2D eigenvalue weighted by molar-refractivity contribution is 8.00. The van der Waals surface area contributed by atoms with Crippen molar-refractivity contribution in [3.8, 4) is 0 Å². The molecule has 1 aromatic heterocycles. The van der Waals surface area contributed by atoms with E-state index in [1.54, 1.807) is 55.5 Å². The first-order valence-electron chi connectivity index (χ1n) is 13.8. The highest BCUT2D eigenvalue weighted by Crippen LogP contribution is 2.35. The molecule has 0 radical (unpaired) electrons. The van der Waals surface area contributed by atoms with E-state index in [4.69, 9.17) is 0 Å². The lowest BCUT2D eigenvalue weighted by Gasteiger charge is -2.14. The van der Waals surface area contributed by atoms with E-state index in [1.165, 1.54) is 59.6 Å². The first kappa shape index (κ1) is 31.0. The van der Waals surface area contributed by atoms with E-state index >= 15 is 0 Å². The summed E-state index contributed by atoms with van der Waals surface area (Å²) in [5, 5.41) is 4.11. The molecule has 2 aliphatic rings. The maximum Gasteiger partial charge on any atom is 0.258 e. The zero-order valence-electron chi connectivity index (χ0n) is 23.9. The van der Waals surface area contributed by atoms with E-state index in [-0.39, 0.29) is 5.91 Å². The van der Waals surface area contributed by atoms with Gasteiger partial charge in [0.05, 0.1) is 11.4 Å². The monoisotopic (exact) mass is 666 g/mol. The van der Waals surface area contributed by atoms with Crippen LogP contribution in [0.3, 0.4) is 0 Å². The number of hydrogen-bond acceptors (Lipinski definition) is 11. The van der Waals surface area contributed by atoms with Gasteiger partial charge in [0, 0.05) is 51.1 Å². The zero-order chi connectivity index (χ0) is 32.2. The topological polar surface area (TPSA) is 143 Å². The molecule has 0 aliphatic carbocycles. The van der Waals surface area contributed by atoms with Crippen molar-refractivity contribution in [1.82, 2.24) is 15.0 Å². The summed E-state index contributed by atoms with van der Waals surface area (Å²) in [6, 6.07) is 21.2. The third-order valence-corrected chi connectivity index (χ3v) is 9.09. The molecule has 5 amide bonds. The molecule has 228 valence electrons. The Morgan fingerprint density at radius 1 is 0.565 bits per heavy atom. The average molecular weight is 667 g/mol. The number of benzene rings is 3. The Morgan fingerprint density at radius 3 is 1.22 bits per heavy atom. The summed E-state index contributed by atoms with van der Waals surface area (Å²) in [7, 11) is 0. The van der Waals surface area contributed by atoms with Gasteiger partial charge in [0.2, 0.25) is 5.91 Å². The average Bonchev–Trinajstić information content (AvgIpc) is 3.57. The minimum absolute atomic E-state index is 0.0761. The fourth-order valence-corrected chi connectivity index (χ4v) is 6.68. The van der Waals surface area contributed by atoms with Crippen LogP contribution in [0.2, 0.25) is 0 Å². The van der Waals surface area contributed by atoms with Crippen LogP contribution in [0.25, 0.3) is 0 Å². The maximum atomic E-state index is 12.1. The quantitative estimate of drug-likeness (QED) is 0.213. The molecule has 3 heterocycles. The molecule has 3 aromatic carbocycles. The SMILES string of the molecule is CCC(=O)Nc1ccc(Sc2nc(Sc3ccc(N4C(=O)C=CC4=O)cc3)nc(Sc3ccc(N4C(=O)C=CC4=O)cc3)n2)cc1. The van der Waals surface area contributed by atoms with E-state index in [0.29, 0.717) is 39.0 Å². The van der Waals surface area contributed by atoms with Crippen molar-refractivity contribution in [2.75, 3.05) is 15.1 Å². The van der Waals surface area contributed by atoms with Gasteiger partial charge in [0.1, 0.15) is 0 Å². The number of nitrogens with zero attached hydrogens (tertiary/aromatic N) is 5. The van der Waals surface area contributed by atoms with Gasteiger partial charge in [-0.05, 0) is 108 Å². The van der Waals surface area contributed by atoms with Crippen molar-refractivity contribution in [3.63, 3.8) is 0 Å². The lowest BCUT2D eigenvalue weighted by atomic mass is 10.3. The van der Waals surface area contributed by atoms with E-state index in [9.17, 15) is 24.0 Å². The lowest BCUT2D eigenvalue weighted by Crippen LogP contribution is -2.29. The van der Waals surface area contributed by atoms with Gasteiger partial charge in [-0.1, -0.05) is 6.92 Å². The summed E-state index contributed by atoms with van der Waals surface area (Å²) >= 11 is 3.92. The third-order valence-electron chi connectivity index (χ3n) is 6.47. The van der Waals surface area contributed by atoms with Crippen LogP contribution in [0.1, 0.15) is 13.3 Å². The molecule has 11 nitrogen and oxygen atoms in total. The van der Waals surface area contributed by atoms with E-state index in [0.717, 1.165) is 24.5 Å². The van der Waals surface area contributed by atoms with Gasteiger partial charge in [-0.25, -0.2) is 9.80 Å². The summed E-state index contributed by atoms with van der Waals surface area (Å²) in [6.45, 7) is 1.79. The molecule has 2 aliphatic heterocycles. The van der Waals surface area contributed by atoms with E-state index in [1.807, 2.05) is 24.3 Å². The molecule has 0 saturated carbocycles. The number of carbonyl (C=O) groups is 5. The Hall–Kier alpha value is -5.05. The Labute approximate surface area is 275 Å². The number of anilines is 3. The number of amides is 5. The van der Waals surface area contributed by atoms with Crippen LogP contribution in [-0.4, -0.2) is 44.5 Å². The summed E-state index contributed by atoms with van der Waals surface area (Å²) in [6.07, 6.45) is 5.32. The Balaban J connectivity index is 1.24. The van der Waals surface area contributed by atoms with Gasteiger partial charge in [-0.2, -0.15) is 15.0 Å². The van der Waals surface area contributed by atoms with Crippen molar-refractivity contribution < 1.29 is 24.0 Å². The summed E-state index contributed by atoms with van der Waals surface area (Å²) < 4.78 is 0. The van der Waals surface area contributed by atoms with Gasteiger partial charge in [-0.15, -0.1) is 0 Å². The van der Waals surface area contributed by atoms with E-state index in [2.05, 4.69) is 20.3 Å². The molecular weight excluding hydrogens is 645 g/mol. The fraction of sp³-hybridized carbons (Fsp3) is 0.0625. The molecule has 0 unspecified atom stereocenters. The Bertz CT molecular complexity index is 1790. The van der Waals surface area contributed by atoms with E-state index < -0.39 is 23.6 Å². The molecule has 0 atom stereocenters. The van der Waals surface area contributed by atoms with Crippen molar-refractivity contribution in [2.45, 2.75) is 43.5 Å². The highest BCUT2D eigenvalue weighted by Gasteiger charge is 2.26. The van der Waals surface area contributed by atoms with Crippen LogP contribution in [0.15, 0.2) is 127 Å². The van der Waals surface area contributed by atoms with Crippen LogP contribution < -0.4 is 15.1 Å². The molecule has 1 N–H and O–H groups in total. The van der Waals surface area contributed by atoms with Gasteiger partial charge in [-0.3, -0.25) is 24.0 Å². The first-order valence-corrected chi connectivity index (χ1v) is 16.2. The van der Waals surface area contributed by atoms with Gasteiger partial charge < -0.3 is 5.32 Å². The lowest BCUT2D eigenvalue weighted by molar-refractivity contribution is -0.121. The number of aromatic nitrogens is 3. The van der Waals surface area contributed by atoms with Gasteiger partial charge in [0.25, 0.3) is 23.6 Å². The van der Waals surface area contributed by atoms with Crippen LogP contribution in [0, 0.1) is 0 Å². The Morgan fingerprint density at radius 2 is 0.891 bits per heavy atom. The predicted octanol–water partition coefficient (Wildman–Crippen LogP) is 5.53. The van der Waals surface area contributed by atoms with Crippen molar-refractivity contribution in [1.29, 1.82) is 0 Å². The molecular formula is C32H22N6O5S3. The highest BCUT2D eigenvalue weighted by atomic mass is 32.2. The number of hydrogen-bond donors (Lipinski definition) is 1. The van der Waals surface area contributed by atoms with Crippen molar-refractivity contribution >= 4 is 81.9 Å². The molecule has 6 rings (SSSR count). The van der Waals surface area contributed by atoms with Crippen LogP contribution in [0.4, 0.5) is 17.1 Å². The van der Waals surface area contributed by atoms with Gasteiger partial charge >= 0.3 is 0 Å². The van der Waals surface area contributed by atoms with Crippen molar-refractivity contribution in [2.24, 2.45) is 0 Å². The molecule has 14 heteroatoms. The summed E-state index contributed by atoms with van der Waals surface area (Å²) in [5.74, 6) is -1.65. The normalized spacial score (nSPS) is 14.1. The minimum Gasteiger partial charge on any atom is -0.326 e. The number of nitrogens with one attached hydrogen (secondary N) is 1. The number of carbonyl (C=O) groups excluding carboxylic acids is 5. The largest absolute Gasteiger partial charge is 0.326 e. The smallest absolute Gasteiger partial charge is 0.258 e. The third kappa shape index (κ3) is 7.09. The van der Waals surface area contributed by atoms with Crippen LogP contribution >= 0.6 is 35.3 Å². The zero-order valence-corrected chi connectivity index (χ0v) is 26.4. The maximum absolute atomic E-state index is 12.1. The van der Waals surface area contributed by atoms with Crippen molar-refractivity contribution in [3.05, 3.63) is 97.1 Å². The Kier molecular flexibility index (Phi) is 9.10. The first-order chi connectivity index (χ1) is 22.2. The molecule has 46 heavy (non-hydrogen) atoms. The molecule has 0 saturated heterocycles. The number of imide groups is 2. The molecule has 0 bridgehead atoms. The standard InChI is InChI=1S/C32H22N6O5S3/c1-2-25(39)33-19-3-9-22(10-4-19)44-30-34-31(45-23-11-5-20(6-12-23)37-26(40)15-16-27(37)41)36-32(35-30)46-24-13-7-21(8-14-24)38-28(42)17-18-29(38)43/h3-18H,2H2,1H3,(H,33,39). The molecule has 4 aromatic rings. The van der Waals surface area contributed by atoms with Gasteiger partial charge in [0.15, 0.2) is 15.5 Å². The van der Waals surface area contributed by atoms with Crippen LogP contribution in [-0.2, 0) is 24.0 Å². The second kappa shape index (κ2) is 13.5. The molecule has 0 fully saturated rings. The predicted molar refractivity (Wildman–Crippen MR) is 174 cm³/mol.